The van der Waals surface area contributed by atoms with Crippen LogP contribution >= 0.6 is 15.9 Å². The average Bonchev–Trinajstić information content (AvgIpc) is 2.42. The summed E-state index contributed by atoms with van der Waals surface area (Å²) in [6.07, 6.45) is 1.69. The molecule has 0 saturated carbocycles. The van der Waals surface area contributed by atoms with Crippen molar-refractivity contribution in [3.8, 4) is 0 Å². The van der Waals surface area contributed by atoms with Crippen LogP contribution in [0.25, 0.3) is 0 Å². The fraction of sp³-hybridized carbons (Fsp3) is 0.700. The molecule has 0 fully saturated rings. The molecule has 0 aliphatic rings. The highest BCUT2D eigenvalue weighted by atomic mass is 79.9. The van der Waals surface area contributed by atoms with Crippen LogP contribution in [-0.4, -0.2) is 35.7 Å². The fourth-order valence-electron chi connectivity index (χ4n) is 1.61. The zero-order valence-corrected chi connectivity index (χ0v) is 12.8. The van der Waals surface area contributed by atoms with Crippen molar-refractivity contribution in [2.24, 2.45) is 12.8 Å². The Bertz CT molecular complexity index is 510. The molecule has 17 heavy (non-hydrogen) atoms. The first-order chi connectivity index (χ1) is 7.64. The molecule has 0 aliphatic heterocycles. The quantitative estimate of drug-likeness (QED) is 0.888. The summed E-state index contributed by atoms with van der Waals surface area (Å²) in [5.41, 5.74) is 7.74. The molecule has 0 radical (unpaired) electrons. The molecule has 1 aromatic heterocycles. The van der Waals surface area contributed by atoms with Crippen LogP contribution in [-0.2, 0) is 23.3 Å². The molecule has 0 bridgehead atoms. The molecular weight excluding hydrogens is 306 g/mol. The molecule has 1 rings (SSSR count). The van der Waals surface area contributed by atoms with Crippen LogP contribution in [0.1, 0.15) is 18.3 Å². The minimum Gasteiger partial charge on any atom is -0.326 e. The normalized spacial score (nSPS) is 15.9. The van der Waals surface area contributed by atoms with Crippen molar-refractivity contribution in [1.29, 1.82) is 0 Å². The molecule has 0 aromatic carbocycles. The monoisotopic (exact) mass is 323 g/mol. The predicted octanol–water partition coefficient (Wildman–Crippen LogP) is 0.794. The minimum atomic E-state index is -3.11. The number of nitrogens with two attached hydrogens (primary N) is 1. The summed E-state index contributed by atoms with van der Waals surface area (Å²) in [5, 5.41) is 3.68. The number of hydrogen-bond donors (Lipinski definition) is 1. The van der Waals surface area contributed by atoms with Gasteiger partial charge in [0.15, 0.2) is 9.84 Å². The van der Waals surface area contributed by atoms with Gasteiger partial charge in [0.1, 0.15) is 0 Å². The number of halogens is 1. The lowest BCUT2D eigenvalue weighted by Crippen LogP contribution is -2.40. The van der Waals surface area contributed by atoms with E-state index in [9.17, 15) is 8.42 Å². The third kappa shape index (κ3) is 3.29. The van der Waals surface area contributed by atoms with Crippen LogP contribution in [0.4, 0.5) is 0 Å². The van der Waals surface area contributed by atoms with Crippen molar-refractivity contribution in [2.75, 3.05) is 6.26 Å². The molecule has 2 atom stereocenters. The summed E-state index contributed by atoms with van der Waals surface area (Å²) in [6.45, 7) is 3.52. The Balaban J connectivity index is 2.92. The van der Waals surface area contributed by atoms with Gasteiger partial charge >= 0.3 is 0 Å². The number of aromatic nitrogens is 2. The summed E-state index contributed by atoms with van der Waals surface area (Å²) in [4.78, 5) is 0. The fourth-order valence-corrected chi connectivity index (χ4v) is 2.84. The summed E-state index contributed by atoms with van der Waals surface area (Å²) in [5.74, 6) is 0. The molecule has 2 N–H and O–H groups in total. The Morgan fingerprint density at radius 2 is 2.06 bits per heavy atom. The maximum Gasteiger partial charge on any atom is 0.151 e. The van der Waals surface area contributed by atoms with Gasteiger partial charge in [-0.15, -0.1) is 0 Å². The molecular formula is C10H18BrN3O2S. The molecule has 1 heterocycles. The van der Waals surface area contributed by atoms with Gasteiger partial charge in [-0.3, -0.25) is 4.68 Å². The number of rotatable bonds is 4. The Kier molecular flexibility index (Phi) is 4.38. The SMILES string of the molecule is Cc1nn(C)c(CC(N)C(C)S(C)(=O)=O)c1Br. The Morgan fingerprint density at radius 3 is 2.41 bits per heavy atom. The van der Waals surface area contributed by atoms with Crippen LogP contribution in [0.2, 0.25) is 0 Å². The standard InChI is InChI=1S/C10H18BrN3O2S/c1-6-10(11)9(14(3)13-6)5-8(12)7(2)17(4,15)16/h7-8H,5,12H2,1-4H3. The highest BCUT2D eigenvalue weighted by Gasteiger charge is 2.25. The second-order valence-electron chi connectivity index (χ2n) is 4.37. The number of nitrogens with zero attached hydrogens (tertiary/aromatic N) is 2. The first-order valence-electron chi connectivity index (χ1n) is 5.27. The van der Waals surface area contributed by atoms with Gasteiger partial charge in [0.2, 0.25) is 0 Å². The zero-order valence-electron chi connectivity index (χ0n) is 10.4. The van der Waals surface area contributed by atoms with E-state index < -0.39 is 21.1 Å². The predicted molar refractivity (Wildman–Crippen MR) is 71.6 cm³/mol. The lowest BCUT2D eigenvalue weighted by molar-refractivity contribution is 0.551. The number of aryl methyl sites for hydroxylation is 2. The molecule has 2 unspecified atom stereocenters. The van der Waals surface area contributed by atoms with Crippen LogP contribution in [0.15, 0.2) is 4.47 Å². The van der Waals surface area contributed by atoms with E-state index in [1.165, 1.54) is 6.26 Å². The summed E-state index contributed by atoms with van der Waals surface area (Å²) in [7, 11) is -1.29. The average molecular weight is 324 g/mol. The van der Waals surface area contributed by atoms with E-state index in [1.807, 2.05) is 14.0 Å². The van der Waals surface area contributed by atoms with Gasteiger partial charge in [-0.05, 0) is 29.8 Å². The van der Waals surface area contributed by atoms with Crippen molar-refractivity contribution in [1.82, 2.24) is 9.78 Å². The van der Waals surface area contributed by atoms with Gasteiger partial charge in [-0.2, -0.15) is 5.10 Å². The van der Waals surface area contributed by atoms with Crippen LogP contribution in [0.3, 0.4) is 0 Å². The zero-order chi connectivity index (χ0) is 13.4. The second kappa shape index (κ2) is 5.07. The second-order valence-corrected chi connectivity index (χ2v) is 7.57. The van der Waals surface area contributed by atoms with Gasteiger partial charge < -0.3 is 5.73 Å². The van der Waals surface area contributed by atoms with E-state index in [0.29, 0.717) is 6.42 Å². The maximum absolute atomic E-state index is 11.4. The molecule has 98 valence electrons. The van der Waals surface area contributed by atoms with Gasteiger partial charge in [0.25, 0.3) is 0 Å². The van der Waals surface area contributed by atoms with Crippen molar-refractivity contribution >= 4 is 25.8 Å². The van der Waals surface area contributed by atoms with E-state index in [4.69, 9.17) is 5.73 Å². The smallest absolute Gasteiger partial charge is 0.151 e. The third-order valence-corrected chi connectivity index (χ3v) is 5.70. The molecule has 1 aromatic rings. The first kappa shape index (κ1) is 14.7. The lowest BCUT2D eigenvalue weighted by atomic mass is 10.1. The van der Waals surface area contributed by atoms with Crippen LogP contribution in [0, 0.1) is 6.92 Å². The Labute approximate surface area is 110 Å². The van der Waals surface area contributed by atoms with E-state index in [2.05, 4.69) is 21.0 Å². The molecule has 0 spiro atoms. The van der Waals surface area contributed by atoms with Gasteiger partial charge in [0.05, 0.1) is 21.1 Å². The molecule has 0 aliphatic carbocycles. The van der Waals surface area contributed by atoms with Gasteiger partial charge in [-0.25, -0.2) is 8.42 Å². The maximum atomic E-state index is 11.4. The van der Waals surface area contributed by atoms with Crippen molar-refractivity contribution < 1.29 is 8.42 Å². The van der Waals surface area contributed by atoms with Crippen LogP contribution in [0.5, 0.6) is 0 Å². The summed E-state index contributed by atoms with van der Waals surface area (Å²) < 4.78 is 25.5. The van der Waals surface area contributed by atoms with Gasteiger partial charge in [-0.1, -0.05) is 0 Å². The number of hydrogen-bond acceptors (Lipinski definition) is 4. The highest BCUT2D eigenvalue weighted by molar-refractivity contribution is 9.10. The summed E-state index contributed by atoms with van der Waals surface area (Å²) in [6, 6.07) is -0.434. The van der Waals surface area contributed by atoms with E-state index in [0.717, 1.165) is 15.9 Å². The van der Waals surface area contributed by atoms with Crippen molar-refractivity contribution in [2.45, 2.75) is 31.6 Å². The van der Waals surface area contributed by atoms with Crippen molar-refractivity contribution in [3.63, 3.8) is 0 Å². The molecule has 0 amide bonds. The highest BCUT2D eigenvalue weighted by Crippen LogP contribution is 2.22. The van der Waals surface area contributed by atoms with Gasteiger partial charge in [0, 0.05) is 25.8 Å². The molecule has 5 nitrogen and oxygen atoms in total. The Hall–Kier alpha value is -0.400. The topological polar surface area (TPSA) is 78.0 Å². The molecule has 7 heteroatoms. The number of sulfone groups is 1. The third-order valence-electron chi connectivity index (χ3n) is 2.97. The van der Waals surface area contributed by atoms with E-state index >= 15 is 0 Å². The van der Waals surface area contributed by atoms with Crippen molar-refractivity contribution in [3.05, 3.63) is 15.9 Å². The van der Waals surface area contributed by atoms with Crippen LogP contribution < -0.4 is 5.73 Å². The molecule has 0 saturated heterocycles. The lowest BCUT2D eigenvalue weighted by Gasteiger charge is -2.18. The van der Waals surface area contributed by atoms with E-state index in [-0.39, 0.29) is 0 Å². The largest absolute Gasteiger partial charge is 0.326 e. The van der Waals surface area contributed by atoms with E-state index in [1.54, 1.807) is 11.6 Å². The first-order valence-corrected chi connectivity index (χ1v) is 8.01. The Morgan fingerprint density at radius 1 is 1.53 bits per heavy atom. The minimum absolute atomic E-state index is 0.434. The summed E-state index contributed by atoms with van der Waals surface area (Å²) >= 11 is 3.44.